The van der Waals surface area contributed by atoms with E-state index in [2.05, 4.69) is 10.2 Å². The molecule has 2 unspecified atom stereocenters. The van der Waals surface area contributed by atoms with Gasteiger partial charge in [0.05, 0.1) is 12.2 Å². The van der Waals surface area contributed by atoms with Crippen molar-refractivity contribution in [1.29, 1.82) is 0 Å². The van der Waals surface area contributed by atoms with Crippen LogP contribution in [-0.4, -0.2) is 86.5 Å². The second-order valence-corrected chi connectivity index (χ2v) is 10.6. The number of rotatable bonds is 5. The fourth-order valence-corrected chi connectivity index (χ4v) is 6.40. The summed E-state index contributed by atoms with van der Waals surface area (Å²) in [6.45, 7) is 3.88. The van der Waals surface area contributed by atoms with Gasteiger partial charge in [0, 0.05) is 50.9 Å². The van der Waals surface area contributed by atoms with E-state index in [0.717, 1.165) is 49.9 Å². The van der Waals surface area contributed by atoms with Gasteiger partial charge >= 0.3 is 6.09 Å². The number of piperidine rings is 2. The Labute approximate surface area is 213 Å². The molecule has 8 heteroatoms. The number of methoxy groups -OCH3 is 2. The lowest BCUT2D eigenvalue weighted by molar-refractivity contribution is -0.116. The van der Waals surface area contributed by atoms with Crippen LogP contribution in [-0.2, 0) is 14.3 Å². The first-order valence-corrected chi connectivity index (χ1v) is 13.4. The molecule has 8 nitrogen and oxygen atoms in total. The van der Waals surface area contributed by atoms with Gasteiger partial charge in [0.1, 0.15) is 5.75 Å². The maximum absolute atomic E-state index is 12.7. The second kappa shape index (κ2) is 11.3. The maximum Gasteiger partial charge on any atom is 0.415 e. The van der Waals surface area contributed by atoms with Crippen LogP contribution in [0, 0.1) is 5.92 Å². The summed E-state index contributed by atoms with van der Waals surface area (Å²) in [6.07, 6.45) is 9.07. The Morgan fingerprint density at radius 3 is 2.28 bits per heavy atom. The Kier molecular flexibility index (Phi) is 7.93. The minimum Gasteiger partial charge on any atom is -0.410 e. The lowest BCUT2D eigenvalue weighted by atomic mass is 9.79. The summed E-state index contributed by atoms with van der Waals surface area (Å²) in [4.78, 5) is 29.9. The molecule has 1 N–H and O–H groups in total. The van der Waals surface area contributed by atoms with Crippen molar-refractivity contribution >= 4 is 18.1 Å². The van der Waals surface area contributed by atoms with Crippen LogP contribution in [0.15, 0.2) is 29.8 Å². The van der Waals surface area contributed by atoms with E-state index in [0.29, 0.717) is 11.8 Å². The zero-order valence-corrected chi connectivity index (χ0v) is 21.5. The molecule has 4 atom stereocenters. The van der Waals surface area contributed by atoms with Gasteiger partial charge in [-0.2, -0.15) is 0 Å². The molecule has 4 fully saturated rings. The Balaban J connectivity index is 1.16. The molecule has 1 saturated carbocycles. The minimum atomic E-state index is -0.281. The average molecular weight is 498 g/mol. The number of carbonyl (C=O) groups is 2. The van der Waals surface area contributed by atoms with Crippen molar-refractivity contribution in [2.75, 3.05) is 40.4 Å². The van der Waals surface area contributed by atoms with Gasteiger partial charge in [-0.1, -0.05) is 18.6 Å². The van der Waals surface area contributed by atoms with Gasteiger partial charge in [-0.25, -0.2) is 4.79 Å². The number of nitrogens with zero attached hydrogens (tertiary/aromatic N) is 2. The molecule has 4 aliphatic rings. The van der Waals surface area contributed by atoms with E-state index in [-0.39, 0.29) is 36.2 Å². The monoisotopic (exact) mass is 497 g/mol. The highest BCUT2D eigenvalue weighted by Crippen LogP contribution is 2.38. The van der Waals surface area contributed by atoms with Gasteiger partial charge in [-0.3, -0.25) is 4.79 Å². The molecule has 5 rings (SSSR count). The number of ether oxygens (including phenoxy) is 3. The van der Waals surface area contributed by atoms with Gasteiger partial charge < -0.3 is 29.3 Å². The van der Waals surface area contributed by atoms with Gasteiger partial charge in [0.25, 0.3) is 0 Å². The molecule has 196 valence electrons. The summed E-state index contributed by atoms with van der Waals surface area (Å²) >= 11 is 0. The van der Waals surface area contributed by atoms with Crippen molar-refractivity contribution in [3.05, 3.63) is 35.4 Å². The van der Waals surface area contributed by atoms with Crippen molar-refractivity contribution in [1.82, 2.24) is 15.1 Å². The Morgan fingerprint density at radius 1 is 0.944 bits per heavy atom. The van der Waals surface area contributed by atoms with Crippen LogP contribution in [0.25, 0.3) is 6.08 Å². The van der Waals surface area contributed by atoms with E-state index >= 15 is 0 Å². The summed E-state index contributed by atoms with van der Waals surface area (Å²) in [5.41, 5.74) is 1.68. The van der Waals surface area contributed by atoms with Crippen LogP contribution < -0.4 is 10.1 Å². The normalized spacial score (nSPS) is 30.8. The van der Waals surface area contributed by atoms with Crippen LogP contribution in [0.4, 0.5) is 4.79 Å². The van der Waals surface area contributed by atoms with E-state index in [1.807, 2.05) is 23.1 Å². The summed E-state index contributed by atoms with van der Waals surface area (Å²) < 4.78 is 16.9. The topological polar surface area (TPSA) is 80.3 Å². The lowest BCUT2D eigenvalue weighted by Crippen LogP contribution is -2.48. The van der Waals surface area contributed by atoms with Crippen LogP contribution in [0.2, 0.25) is 0 Å². The molecule has 3 saturated heterocycles. The first-order chi connectivity index (χ1) is 17.6. The molecule has 36 heavy (non-hydrogen) atoms. The number of amides is 2. The van der Waals surface area contributed by atoms with Crippen molar-refractivity contribution in [3.8, 4) is 5.75 Å². The third-order valence-corrected chi connectivity index (χ3v) is 8.49. The third-order valence-electron chi connectivity index (χ3n) is 8.49. The van der Waals surface area contributed by atoms with Crippen molar-refractivity contribution < 1.29 is 23.8 Å². The van der Waals surface area contributed by atoms with Gasteiger partial charge in [0.2, 0.25) is 5.91 Å². The molecular weight excluding hydrogens is 458 g/mol. The molecule has 1 aliphatic carbocycles. The van der Waals surface area contributed by atoms with Gasteiger partial charge in [0.15, 0.2) is 0 Å². The fraction of sp³-hybridized carbons (Fsp3) is 0.643. The van der Waals surface area contributed by atoms with Crippen molar-refractivity contribution in [3.63, 3.8) is 0 Å². The summed E-state index contributed by atoms with van der Waals surface area (Å²) in [5.74, 6) is 0.591. The molecule has 0 aromatic heterocycles. The van der Waals surface area contributed by atoms with Crippen molar-refractivity contribution in [2.45, 2.75) is 69.2 Å². The van der Waals surface area contributed by atoms with E-state index in [1.165, 1.54) is 32.4 Å². The van der Waals surface area contributed by atoms with Crippen LogP contribution in [0.1, 0.15) is 50.5 Å². The smallest absolute Gasteiger partial charge is 0.410 e. The predicted octanol–water partition coefficient (Wildman–Crippen LogP) is 3.46. The molecule has 1 aromatic rings. The van der Waals surface area contributed by atoms with Crippen LogP contribution in [0.3, 0.4) is 0 Å². The lowest BCUT2D eigenvalue weighted by Gasteiger charge is -2.39. The highest BCUT2D eigenvalue weighted by Gasteiger charge is 2.45. The third kappa shape index (κ3) is 5.45. The Hall–Kier alpha value is -2.42. The van der Waals surface area contributed by atoms with Gasteiger partial charge in [-0.15, -0.1) is 0 Å². The van der Waals surface area contributed by atoms with Gasteiger partial charge in [-0.05, 0) is 75.4 Å². The quantitative estimate of drug-likeness (QED) is 0.628. The molecule has 0 spiro atoms. The number of fused-ring (bicyclic) bond motifs is 1. The average Bonchev–Trinajstić information content (AvgIpc) is 3.22. The number of hydrogen-bond donors (Lipinski definition) is 1. The minimum absolute atomic E-state index is 0.0135. The fourth-order valence-electron chi connectivity index (χ4n) is 6.40. The Bertz CT molecular complexity index is 950. The van der Waals surface area contributed by atoms with E-state index in [9.17, 15) is 9.59 Å². The van der Waals surface area contributed by atoms with E-state index < -0.39 is 0 Å². The number of hydrogen-bond acceptors (Lipinski definition) is 6. The predicted molar refractivity (Wildman–Crippen MR) is 137 cm³/mol. The summed E-state index contributed by atoms with van der Waals surface area (Å²) in [5, 5.41) is 3.11. The molecule has 1 aromatic carbocycles. The van der Waals surface area contributed by atoms with Crippen LogP contribution >= 0.6 is 0 Å². The standard InChI is InChI=1S/C28H39N3O5/c1-34-25-17-22-23(27(32)29-24(22)18-26(25)35-2)16-19-6-8-21(9-7-19)36-28(33)31-14-10-20(11-15-31)30-12-4-3-5-13-30/h6-9,16,20,22,24-26H,3-5,10-15,17-18H2,1-2H3,(H,29,32)/b23-16+/t22-,24?,25-,26?/m0/s1. The molecule has 3 aliphatic heterocycles. The number of nitrogens with one attached hydrogen (secondary N) is 1. The highest BCUT2D eigenvalue weighted by molar-refractivity contribution is 6.01. The zero-order chi connectivity index (χ0) is 25.1. The molecular formula is C28H39N3O5. The number of likely N-dealkylation sites (tertiary alicyclic amines) is 2. The first-order valence-electron chi connectivity index (χ1n) is 13.4. The summed E-state index contributed by atoms with van der Waals surface area (Å²) in [6, 6.07) is 8.06. The molecule has 0 bridgehead atoms. The number of benzene rings is 1. The summed E-state index contributed by atoms with van der Waals surface area (Å²) in [7, 11) is 3.39. The molecule has 3 heterocycles. The first kappa shape index (κ1) is 25.2. The zero-order valence-electron chi connectivity index (χ0n) is 21.5. The van der Waals surface area contributed by atoms with Crippen molar-refractivity contribution in [2.24, 2.45) is 5.92 Å². The molecule has 0 radical (unpaired) electrons. The van der Waals surface area contributed by atoms with E-state index in [4.69, 9.17) is 14.2 Å². The largest absolute Gasteiger partial charge is 0.415 e. The molecule has 2 amide bonds. The van der Waals surface area contributed by atoms with E-state index in [1.54, 1.807) is 26.4 Å². The highest BCUT2D eigenvalue weighted by atomic mass is 16.6. The second-order valence-electron chi connectivity index (χ2n) is 10.6. The maximum atomic E-state index is 12.7. The van der Waals surface area contributed by atoms with Crippen LogP contribution in [0.5, 0.6) is 5.75 Å². The number of carbonyl (C=O) groups excluding carboxylic acids is 2. The SMILES string of the molecule is COC1CC2NC(=O)/C(=C/c3ccc(OC(=O)N4CCC(N5CCCCC5)CC4)cc3)[C@@H]2C[C@@H]1OC. The Morgan fingerprint density at radius 2 is 1.61 bits per heavy atom.